The molecule has 0 fully saturated rings. The van der Waals surface area contributed by atoms with Crippen LogP contribution in [0.1, 0.15) is 18.9 Å². The molecule has 21 heavy (non-hydrogen) atoms. The lowest BCUT2D eigenvalue weighted by Gasteiger charge is -2.12. The summed E-state index contributed by atoms with van der Waals surface area (Å²) in [6, 6.07) is 5.99. The van der Waals surface area contributed by atoms with Gasteiger partial charge in [0.15, 0.2) is 11.5 Å². The summed E-state index contributed by atoms with van der Waals surface area (Å²) < 4.78 is 21.3. The van der Waals surface area contributed by atoms with Crippen LogP contribution < -0.4 is 14.8 Å². The van der Waals surface area contributed by atoms with Crippen LogP contribution >= 0.6 is 0 Å². The number of ether oxygens (including phenoxy) is 4. The molecule has 120 valence electrons. The minimum atomic E-state index is 0.494. The van der Waals surface area contributed by atoms with Gasteiger partial charge in [-0.1, -0.05) is 13.0 Å². The Hall–Kier alpha value is -1.30. The topological polar surface area (TPSA) is 49.0 Å². The summed E-state index contributed by atoms with van der Waals surface area (Å²) >= 11 is 0. The number of rotatable bonds is 12. The highest BCUT2D eigenvalue weighted by Crippen LogP contribution is 2.27. The third kappa shape index (κ3) is 7.32. The normalized spacial score (nSPS) is 10.6. The van der Waals surface area contributed by atoms with Crippen LogP contribution in [-0.2, 0) is 16.0 Å². The highest BCUT2D eigenvalue weighted by atomic mass is 16.5. The van der Waals surface area contributed by atoms with E-state index in [1.165, 1.54) is 5.56 Å². The molecular weight excluding hydrogens is 270 g/mol. The van der Waals surface area contributed by atoms with E-state index in [1.54, 1.807) is 14.2 Å². The van der Waals surface area contributed by atoms with Crippen molar-refractivity contribution < 1.29 is 18.9 Å². The average Bonchev–Trinajstić information content (AvgIpc) is 2.51. The maximum absolute atomic E-state index is 5.68. The molecule has 5 heteroatoms. The quantitative estimate of drug-likeness (QED) is 0.600. The second-order valence-electron chi connectivity index (χ2n) is 4.62. The fourth-order valence-electron chi connectivity index (χ4n) is 1.81. The number of benzene rings is 1. The van der Waals surface area contributed by atoms with E-state index >= 15 is 0 Å². The van der Waals surface area contributed by atoms with E-state index in [2.05, 4.69) is 12.2 Å². The van der Waals surface area contributed by atoms with Crippen LogP contribution in [0, 0.1) is 0 Å². The number of nitrogens with one attached hydrogen (secondary N) is 1. The summed E-state index contributed by atoms with van der Waals surface area (Å²) in [5.41, 5.74) is 1.18. The Bertz CT molecular complexity index is 385. The molecule has 1 rings (SSSR count). The molecule has 0 atom stereocenters. The van der Waals surface area contributed by atoms with Crippen molar-refractivity contribution in [2.24, 2.45) is 0 Å². The van der Waals surface area contributed by atoms with Crippen LogP contribution in [0.5, 0.6) is 11.5 Å². The highest BCUT2D eigenvalue weighted by Gasteiger charge is 2.05. The van der Waals surface area contributed by atoms with Crippen molar-refractivity contribution in [3.63, 3.8) is 0 Å². The van der Waals surface area contributed by atoms with E-state index in [0.29, 0.717) is 26.4 Å². The van der Waals surface area contributed by atoms with Crippen LogP contribution in [0.15, 0.2) is 18.2 Å². The first-order valence-electron chi connectivity index (χ1n) is 7.39. The summed E-state index contributed by atoms with van der Waals surface area (Å²) in [6.07, 6.45) is 1.13. The van der Waals surface area contributed by atoms with Gasteiger partial charge in [0, 0.05) is 13.7 Å². The predicted octanol–water partition coefficient (Wildman–Crippen LogP) is 2.24. The third-order valence-electron chi connectivity index (χ3n) is 2.90. The highest BCUT2D eigenvalue weighted by molar-refractivity contribution is 5.42. The van der Waals surface area contributed by atoms with Crippen LogP contribution in [-0.4, -0.2) is 47.2 Å². The van der Waals surface area contributed by atoms with Gasteiger partial charge in [-0.05, 0) is 30.7 Å². The van der Waals surface area contributed by atoms with E-state index in [-0.39, 0.29) is 0 Å². The number of hydrogen-bond acceptors (Lipinski definition) is 5. The molecule has 1 N–H and O–H groups in total. The minimum absolute atomic E-state index is 0.494. The summed E-state index contributed by atoms with van der Waals surface area (Å²) in [7, 11) is 3.31. The zero-order chi connectivity index (χ0) is 15.3. The first-order chi connectivity index (χ1) is 10.3. The van der Waals surface area contributed by atoms with Gasteiger partial charge in [0.2, 0.25) is 0 Å². The molecule has 0 aromatic heterocycles. The van der Waals surface area contributed by atoms with Gasteiger partial charge in [-0.15, -0.1) is 0 Å². The van der Waals surface area contributed by atoms with E-state index in [1.807, 2.05) is 18.2 Å². The molecule has 5 nitrogen and oxygen atoms in total. The van der Waals surface area contributed by atoms with Gasteiger partial charge in [-0.2, -0.15) is 0 Å². The smallest absolute Gasteiger partial charge is 0.161 e. The molecule has 0 aliphatic rings. The van der Waals surface area contributed by atoms with Gasteiger partial charge in [0.05, 0.1) is 26.9 Å². The predicted molar refractivity (Wildman–Crippen MR) is 83.2 cm³/mol. The van der Waals surface area contributed by atoms with E-state index in [4.69, 9.17) is 18.9 Å². The first kappa shape index (κ1) is 17.8. The third-order valence-corrected chi connectivity index (χ3v) is 2.90. The van der Waals surface area contributed by atoms with Crippen LogP contribution in [0.2, 0.25) is 0 Å². The van der Waals surface area contributed by atoms with Crippen molar-refractivity contribution in [1.29, 1.82) is 0 Å². The monoisotopic (exact) mass is 297 g/mol. The van der Waals surface area contributed by atoms with Crippen molar-refractivity contribution in [2.45, 2.75) is 19.9 Å². The molecule has 0 bridgehead atoms. The standard InChI is InChI=1S/C16H27NO4/c1-4-7-17-13-14-5-6-15(16(12-14)19-3)21-11-10-20-9-8-18-2/h5-6,12,17H,4,7-11,13H2,1-3H3. The Morgan fingerprint density at radius 3 is 2.52 bits per heavy atom. The van der Waals surface area contributed by atoms with Crippen molar-refractivity contribution in [2.75, 3.05) is 47.2 Å². The van der Waals surface area contributed by atoms with Crippen LogP contribution in [0.4, 0.5) is 0 Å². The van der Waals surface area contributed by atoms with Gasteiger partial charge in [0.25, 0.3) is 0 Å². The van der Waals surface area contributed by atoms with Crippen LogP contribution in [0.25, 0.3) is 0 Å². The molecule has 0 saturated heterocycles. The van der Waals surface area contributed by atoms with Crippen LogP contribution in [0.3, 0.4) is 0 Å². The van der Waals surface area contributed by atoms with Crippen molar-refractivity contribution >= 4 is 0 Å². The molecule has 0 radical (unpaired) electrons. The Morgan fingerprint density at radius 2 is 1.81 bits per heavy atom. The maximum atomic E-state index is 5.68. The van der Waals surface area contributed by atoms with Gasteiger partial charge in [-0.25, -0.2) is 0 Å². The SMILES string of the molecule is CCCNCc1ccc(OCCOCCOC)c(OC)c1. The second kappa shape index (κ2) is 11.4. The van der Waals surface area contributed by atoms with E-state index < -0.39 is 0 Å². The summed E-state index contributed by atoms with van der Waals surface area (Å²) in [5.74, 6) is 1.50. The molecule has 0 amide bonds. The average molecular weight is 297 g/mol. The fourth-order valence-corrected chi connectivity index (χ4v) is 1.81. The fraction of sp³-hybridized carbons (Fsp3) is 0.625. The van der Waals surface area contributed by atoms with E-state index in [9.17, 15) is 0 Å². The molecule has 1 aromatic rings. The van der Waals surface area contributed by atoms with Crippen molar-refractivity contribution in [3.05, 3.63) is 23.8 Å². The first-order valence-corrected chi connectivity index (χ1v) is 7.39. The maximum Gasteiger partial charge on any atom is 0.161 e. The Kier molecular flexibility index (Phi) is 9.61. The second-order valence-corrected chi connectivity index (χ2v) is 4.62. The van der Waals surface area contributed by atoms with Gasteiger partial charge >= 0.3 is 0 Å². The summed E-state index contributed by atoms with van der Waals surface area (Å²) in [4.78, 5) is 0. The van der Waals surface area contributed by atoms with E-state index in [0.717, 1.165) is 31.0 Å². The summed E-state index contributed by atoms with van der Waals surface area (Å²) in [6.45, 7) is 6.21. The summed E-state index contributed by atoms with van der Waals surface area (Å²) in [5, 5.41) is 3.37. The minimum Gasteiger partial charge on any atom is -0.493 e. The van der Waals surface area contributed by atoms with Gasteiger partial charge in [-0.3, -0.25) is 0 Å². The molecule has 0 aliphatic carbocycles. The Labute approximate surface area is 127 Å². The Morgan fingerprint density at radius 1 is 1.00 bits per heavy atom. The molecule has 0 aliphatic heterocycles. The van der Waals surface area contributed by atoms with Crippen molar-refractivity contribution in [1.82, 2.24) is 5.32 Å². The molecule has 0 heterocycles. The van der Waals surface area contributed by atoms with Crippen molar-refractivity contribution in [3.8, 4) is 11.5 Å². The zero-order valence-electron chi connectivity index (χ0n) is 13.3. The zero-order valence-corrected chi connectivity index (χ0v) is 13.3. The lowest BCUT2D eigenvalue weighted by Crippen LogP contribution is -2.14. The lowest BCUT2D eigenvalue weighted by molar-refractivity contribution is 0.0540. The molecule has 0 saturated carbocycles. The molecule has 1 aromatic carbocycles. The molecular formula is C16H27NO4. The van der Waals surface area contributed by atoms with Gasteiger partial charge in [0.1, 0.15) is 6.61 Å². The molecule has 0 unspecified atom stereocenters. The molecule has 0 spiro atoms. The Balaban J connectivity index is 2.39. The number of hydrogen-bond donors (Lipinski definition) is 1. The number of methoxy groups -OCH3 is 2. The van der Waals surface area contributed by atoms with Gasteiger partial charge < -0.3 is 24.3 Å². The largest absolute Gasteiger partial charge is 0.493 e. The lowest BCUT2D eigenvalue weighted by atomic mass is 10.2.